The molecule has 0 aromatic rings. The Morgan fingerprint density at radius 3 is 2.26 bits per heavy atom. The van der Waals surface area contributed by atoms with Crippen LogP contribution >= 0.6 is 0 Å². The predicted octanol–water partition coefficient (Wildman–Crippen LogP) is 1.03. The maximum Gasteiger partial charge on any atom is 0.0601 e. The highest BCUT2D eigenvalue weighted by atomic mass is 16.3. The molecule has 4 heteroatoms. The second kappa shape index (κ2) is 7.58. The zero-order valence-electron chi connectivity index (χ0n) is 12.4. The molecule has 2 unspecified atom stereocenters. The monoisotopic (exact) mass is 269 g/mol. The third-order valence-electron chi connectivity index (χ3n) is 5.03. The van der Waals surface area contributed by atoms with Gasteiger partial charge >= 0.3 is 0 Å². The van der Waals surface area contributed by atoms with E-state index in [9.17, 15) is 5.11 Å². The molecule has 2 aliphatic heterocycles. The van der Waals surface area contributed by atoms with Gasteiger partial charge in [-0.1, -0.05) is 13.3 Å². The lowest BCUT2D eigenvalue weighted by molar-refractivity contribution is 0.0431. The molecule has 2 saturated heterocycles. The number of likely N-dealkylation sites (tertiary alicyclic amines) is 2. The van der Waals surface area contributed by atoms with E-state index in [0.29, 0.717) is 0 Å². The van der Waals surface area contributed by atoms with Crippen LogP contribution in [-0.2, 0) is 0 Å². The molecule has 4 nitrogen and oxygen atoms in total. The average molecular weight is 269 g/mol. The number of piperidine rings is 2. The van der Waals surface area contributed by atoms with Crippen LogP contribution in [0.2, 0.25) is 0 Å². The van der Waals surface area contributed by atoms with E-state index in [1.54, 1.807) is 0 Å². The lowest BCUT2D eigenvalue weighted by Gasteiger charge is -2.43. The molecular weight excluding hydrogens is 238 g/mol. The lowest BCUT2D eigenvalue weighted by Crippen LogP contribution is -2.55. The van der Waals surface area contributed by atoms with Crippen molar-refractivity contribution < 1.29 is 5.11 Å². The minimum absolute atomic E-state index is 0.108. The van der Waals surface area contributed by atoms with Crippen LogP contribution in [0.15, 0.2) is 0 Å². The second-order valence-corrected chi connectivity index (χ2v) is 6.19. The first-order valence-electron chi connectivity index (χ1n) is 8.10. The van der Waals surface area contributed by atoms with E-state index in [4.69, 9.17) is 5.73 Å². The highest BCUT2D eigenvalue weighted by Gasteiger charge is 2.30. The lowest BCUT2D eigenvalue weighted by atomic mass is 9.96. The van der Waals surface area contributed by atoms with Gasteiger partial charge < -0.3 is 15.7 Å². The molecule has 2 fully saturated rings. The predicted molar refractivity (Wildman–Crippen MR) is 79.2 cm³/mol. The minimum atomic E-state index is 0.108. The summed E-state index contributed by atoms with van der Waals surface area (Å²) in [6.45, 7) is 7.09. The average Bonchev–Trinajstić information content (AvgIpc) is 2.49. The minimum Gasteiger partial charge on any atom is -0.395 e. The van der Waals surface area contributed by atoms with Crippen LogP contribution in [0.1, 0.15) is 45.4 Å². The first kappa shape index (κ1) is 15.2. The molecule has 0 aliphatic carbocycles. The number of aliphatic hydroxyl groups excluding tert-OH is 1. The third kappa shape index (κ3) is 3.91. The summed E-state index contributed by atoms with van der Waals surface area (Å²) in [6.07, 6.45) is 7.59. The first-order chi connectivity index (χ1) is 9.26. The van der Waals surface area contributed by atoms with Gasteiger partial charge in [-0.15, -0.1) is 0 Å². The quantitative estimate of drug-likeness (QED) is 0.783. The van der Waals surface area contributed by atoms with E-state index in [1.165, 1.54) is 45.2 Å². The van der Waals surface area contributed by atoms with Crippen molar-refractivity contribution in [3.05, 3.63) is 0 Å². The van der Waals surface area contributed by atoms with Gasteiger partial charge in [0.15, 0.2) is 0 Å². The van der Waals surface area contributed by atoms with E-state index in [-0.39, 0.29) is 18.7 Å². The van der Waals surface area contributed by atoms with Gasteiger partial charge in [0.25, 0.3) is 0 Å². The number of aliphatic hydroxyl groups is 1. The van der Waals surface area contributed by atoms with Gasteiger partial charge in [-0.25, -0.2) is 0 Å². The Hall–Kier alpha value is -0.160. The third-order valence-corrected chi connectivity index (χ3v) is 5.03. The number of nitrogens with two attached hydrogens (primary N) is 1. The number of hydrogen-bond donors (Lipinski definition) is 2. The van der Waals surface area contributed by atoms with Crippen LogP contribution in [0.3, 0.4) is 0 Å². The van der Waals surface area contributed by atoms with E-state index in [2.05, 4.69) is 16.7 Å². The fraction of sp³-hybridized carbons (Fsp3) is 1.00. The van der Waals surface area contributed by atoms with Gasteiger partial charge in [-0.2, -0.15) is 0 Å². The Morgan fingerprint density at radius 2 is 1.74 bits per heavy atom. The van der Waals surface area contributed by atoms with Gasteiger partial charge in [0.2, 0.25) is 0 Å². The van der Waals surface area contributed by atoms with Crippen molar-refractivity contribution in [2.75, 3.05) is 32.8 Å². The highest BCUT2D eigenvalue weighted by Crippen LogP contribution is 2.22. The summed E-state index contributed by atoms with van der Waals surface area (Å²) < 4.78 is 0. The van der Waals surface area contributed by atoms with E-state index in [1.807, 2.05) is 0 Å². The van der Waals surface area contributed by atoms with Crippen molar-refractivity contribution in [1.29, 1.82) is 0 Å². The van der Waals surface area contributed by atoms with E-state index in [0.717, 1.165) is 25.6 Å². The van der Waals surface area contributed by atoms with Gasteiger partial charge in [0.1, 0.15) is 0 Å². The standard InChI is InChI=1S/C15H31N3O/c1-2-14(16)15(12-19)18-10-6-13(7-11-18)17-8-4-3-5-9-17/h13-15,19H,2-12,16H2,1H3. The largest absolute Gasteiger partial charge is 0.395 e. The Bertz CT molecular complexity index is 248. The summed E-state index contributed by atoms with van der Waals surface area (Å²) in [5, 5.41) is 9.56. The molecule has 2 heterocycles. The molecule has 3 N–H and O–H groups in total. The SMILES string of the molecule is CCC(N)C(CO)N1CCC(N2CCCCC2)CC1. The Kier molecular flexibility index (Phi) is 6.07. The second-order valence-electron chi connectivity index (χ2n) is 6.19. The maximum atomic E-state index is 9.56. The van der Waals surface area contributed by atoms with Gasteiger partial charge in [-0.05, 0) is 45.2 Å². The first-order valence-corrected chi connectivity index (χ1v) is 8.10. The molecule has 2 aliphatic rings. The molecule has 0 bridgehead atoms. The smallest absolute Gasteiger partial charge is 0.0601 e. The van der Waals surface area contributed by atoms with Gasteiger partial charge in [0.05, 0.1) is 6.61 Å². The van der Waals surface area contributed by atoms with Crippen LogP contribution in [-0.4, -0.2) is 65.8 Å². The topological polar surface area (TPSA) is 52.7 Å². The summed E-state index contributed by atoms with van der Waals surface area (Å²) in [4.78, 5) is 5.10. The molecule has 0 saturated carbocycles. The summed E-state index contributed by atoms with van der Waals surface area (Å²) in [7, 11) is 0. The maximum absolute atomic E-state index is 9.56. The van der Waals surface area contributed by atoms with Crippen molar-refractivity contribution in [2.24, 2.45) is 5.73 Å². The molecule has 19 heavy (non-hydrogen) atoms. The summed E-state index contributed by atoms with van der Waals surface area (Å²) >= 11 is 0. The van der Waals surface area contributed by atoms with Crippen LogP contribution in [0.25, 0.3) is 0 Å². The zero-order valence-corrected chi connectivity index (χ0v) is 12.4. The Morgan fingerprint density at radius 1 is 1.11 bits per heavy atom. The molecule has 0 aromatic carbocycles. The van der Waals surface area contributed by atoms with Crippen molar-refractivity contribution in [3.63, 3.8) is 0 Å². The number of rotatable bonds is 5. The molecule has 2 atom stereocenters. The normalized spacial score (nSPS) is 27.3. The number of hydrogen-bond acceptors (Lipinski definition) is 4. The summed E-state index contributed by atoms with van der Waals surface area (Å²) in [5.74, 6) is 0. The molecule has 2 rings (SSSR count). The van der Waals surface area contributed by atoms with E-state index < -0.39 is 0 Å². The van der Waals surface area contributed by atoms with Crippen molar-refractivity contribution >= 4 is 0 Å². The van der Waals surface area contributed by atoms with Crippen LogP contribution in [0, 0.1) is 0 Å². The molecule has 0 spiro atoms. The van der Waals surface area contributed by atoms with Gasteiger partial charge in [-0.3, -0.25) is 4.90 Å². The fourth-order valence-electron chi connectivity index (χ4n) is 3.66. The Labute approximate surface area is 117 Å². The summed E-state index contributed by atoms with van der Waals surface area (Å²) in [5.41, 5.74) is 6.12. The fourth-order valence-corrected chi connectivity index (χ4v) is 3.66. The van der Waals surface area contributed by atoms with Crippen LogP contribution in [0.4, 0.5) is 0 Å². The highest BCUT2D eigenvalue weighted by molar-refractivity contribution is 4.87. The Balaban J connectivity index is 1.80. The van der Waals surface area contributed by atoms with Crippen molar-refractivity contribution in [3.8, 4) is 0 Å². The summed E-state index contributed by atoms with van der Waals surface area (Å²) in [6, 6.07) is 1.04. The number of nitrogens with zero attached hydrogens (tertiary/aromatic N) is 2. The molecule has 0 amide bonds. The van der Waals surface area contributed by atoms with Gasteiger partial charge in [0, 0.05) is 31.2 Å². The molecule has 0 aromatic heterocycles. The zero-order chi connectivity index (χ0) is 13.7. The van der Waals surface area contributed by atoms with Crippen molar-refractivity contribution in [1.82, 2.24) is 9.80 Å². The van der Waals surface area contributed by atoms with Crippen LogP contribution in [0.5, 0.6) is 0 Å². The van der Waals surface area contributed by atoms with E-state index >= 15 is 0 Å². The van der Waals surface area contributed by atoms with Crippen molar-refractivity contribution in [2.45, 2.75) is 63.6 Å². The molecular formula is C15H31N3O. The molecule has 112 valence electrons. The van der Waals surface area contributed by atoms with Crippen LogP contribution < -0.4 is 5.73 Å². The molecule has 0 radical (unpaired) electrons.